The fourth-order valence-electron chi connectivity index (χ4n) is 4.83. The maximum Gasteiger partial charge on any atom is 0.264 e. The molecule has 1 aliphatic rings. The lowest BCUT2D eigenvalue weighted by Gasteiger charge is -2.27. The van der Waals surface area contributed by atoms with Crippen LogP contribution in [-0.4, -0.2) is 83.4 Å². The first-order valence-electron chi connectivity index (χ1n) is 14.2. The van der Waals surface area contributed by atoms with Crippen molar-refractivity contribution in [2.24, 2.45) is 5.92 Å². The van der Waals surface area contributed by atoms with Gasteiger partial charge in [-0.3, -0.25) is 24.0 Å². The van der Waals surface area contributed by atoms with Crippen molar-refractivity contribution in [1.82, 2.24) is 26.2 Å². The van der Waals surface area contributed by atoms with Crippen molar-refractivity contribution in [1.29, 1.82) is 0 Å². The van der Waals surface area contributed by atoms with E-state index in [-0.39, 0.29) is 32.0 Å². The number of fused-ring (bicyclic) bond motifs is 1. The van der Waals surface area contributed by atoms with Crippen LogP contribution < -0.4 is 21.3 Å². The van der Waals surface area contributed by atoms with Gasteiger partial charge < -0.3 is 31.3 Å². The van der Waals surface area contributed by atoms with Gasteiger partial charge in [0.2, 0.25) is 23.6 Å². The molecule has 1 saturated heterocycles. The molecule has 0 radical (unpaired) electrons. The Kier molecular flexibility index (Phi) is 10.5. The molecular weight excluding hydrogens is 570 g/mol. The van der Waals surface area contributed by atoms with E-state index < -0.39 is 53.8 Å². The number of nitrogens with one attached hydrogen (secondary N) is 4. The first kappa shape index (κ1) is 31.6. The Morgan fingerprint density at radius 1 is 0.907 bits per heavy atom. The molecule has 1 aliphatic heterocycles. The molecule has 228 valence electrons. The Morgan fingerprint density at radius 2 is 1.60 bits per heavy atom. The molecule has 2 heterocycles. The number of carbonyl (C=O) groups is 5. The van der Waals surface area contributed by atoms with Crippen molar-refractivity contribution >= 4 is 51.0 Å². The van der Waals surface area contributed by atoms with E-state index in [0.717, 1.165) is 15.6 Å². The van der Waals surface area contributed by atoms with Crippen LogP contribution in [0.1, 0.15) is 36.0 Å². The highest BCUT2D eigenvalue weighted by Crippen LogP contribution is 2.26. The van der Waals surface area contributed by atoms with Crippen LogP contribution in [0.4, 0.5) is 0 Å². The highest BCUT2D eigenvalue weighted by atomic mass is 32.1. The Hall–Kier alpha value is -4.29. The molecule has 0 bridgehead atoms. The van der Waals surface area contributed by atoms with Gasteiger partial charge in [-0.25, -0.2) is 0 Å². The lowest BCUT2D eigenvalue weighted by atomic mass is 10.0. The summed E-state index contributed by atoms with van der Waals surface area (Å²) in [5.74, 6) is -3.22. The predicted octanol–water partition coefficient (Wildman–Crippen LogP) is 1.21. The summed E-state index contributed by atoms with van der Waals surface area (Å²) in [5, 5.41) is 22.0. The average molecular weight is 608 g/mol. The summed E-state index contributed by atoms with van der Waals surface area (Å²) < 4.78 is 0.916. The first-order chi connectivity index (χ1) is 20.5. The second-order valence-corrected chi connectivity index (χ2v) is 12.0. The maximum absolute atomic E-state index is 13.6. The van der Waals surface area contributed by atoms with E-state index in [1.807, 2.05) is 30.3 Å². The smallest absolute Gasteiger partial charge is 0.264 e. The van der Waals surface area contributed by atoms with Crippen LogP contribution in [0.5, 0.6) is 0 Å². The quantitative estimate of drug-likeness (QED) is 0.294. The minimum Gasteiger partial charge on any atom is -0.391 e. The molecule has 43 heavy (non-hydrogen) atoms. The minimum absolute atomic E-state index is 0.0259. The molecule has 5 amide bonds. The van der Waals surface area contributed by atoms with E-state index in [1.54, 1.807) is 44.2 Å². The molecule has 2 aromatic carbocycles. The highest BCUT2D eigenvalue weighted by Gasteiger charge is 2.33. The van der Waals surface area contributed by atoms with Crippen molar-refractivity contribution < 1.29 is 29.1 Å². The Labute approximate surface area is 254 Å². The van der Waals surface area contributed by atoms with Gasteiger partial charge in [0.05, 0.1) is 17.5 Å². The van der Waals surface area contributed by atoms with Crippen molar-refractivity contribution in [2.45, 2.75) is 51.4 Å². The number of nitrogens with zero attached hydrogens (tertiary/aromatic N) is 1. The zero-order valence-electron chi connectivity index (χ0n) is 24.3. The minimum atomic E-state index is -1.32. The maximum atomic E-state index is 13.6. The zero-order chi connectivity index (χ0) is 31.1. The van der Waals surface area contributed by atoms with Gasteiger partial charge in [0.25, 0.3) is 5.91 Å². The molecule has 0 aliphatic carbocycles. The Balaban J connectivity index is 1.63. The van der Waals surface area contributed by atoms with Crippen LogP contribution in [0.15, 0.2) is 60.7 Å². The third kappa shape index (κ3) is 8.17. The summed E-state index contributed by atoms with van der Waals surface area (Å²) in [6, 6.07) is 14.9. The van der Waals surface area contributed by atoms with E-state index in [4.69, 9.17) is 0 Å². The first-order valence-corrected chi connectivity index (χ1v) is 15.0. The number of hydrogen-bond acceptors (Lipinski definition) is 7. The van der Waals surface area contributed by atoms with Crippen molar-refractivity contribution in [3.8, 4) is 0 Å². The summed E-state index contributed by atoms with van der Waals surface area (Å²) in [7, 11) is 0. The number of benzene rings is 2. The second-order valence-electron chi connectivity index (χ2n) is 10.9. The molecular formula is C31H37N5O6S. The number of thiophene rings is 1. The van der Waals surface area contributed by atoms with Crippen molar-refractivity contribution in [2.75, 3.05) is 19.6 Å². The van der Waals surface area contributed by atoms with Crippen molar-refractivity contribution in [3.63, 3.8) is 0 Å². The number of aliphatic hydroxyl groups excluding tert-OH is 1. The number of carbonyl (C=O) groups excluding carboxylic acids is 5. The molecule has 4 rings (SSSR count). The van der Waals surface area contributed by atoms with Crippen LogP contribution >= 0.6 is 11.3 Å². The number of hydrogen-bond donors (Lipinski definition) is 5. The van der Waals surface area contributed by atoms with Gasteiger partial charge in [-0.05, 0) is 35.9 Å². The second kappa shape index (κ2) is 14.3. The van der Waals surface area contributed by atoms with Gasteiger partial charge in [0.15, 0.2) is 0 Å². The number of aliphatic hydroxyl groups is 1. The summed E-state index contributed by atoms with van der Waals surface area (Å²) >= 11 is 1.29. The molecule has 4 atom stereocenters. The lowest BCUT2D eigenvalue weighted by Crippen LogP contribution is -2.60. The summed E-state index contributed by atoms with van der Waals surface area (Å²) in [6.45, 7) is 4.47. The molecule has 0 unspecified atom stereocenters. The van der Waals surface area contributed by atoms with Crippen LogP contribution in [0.25, 0.3) is 10.1 Å². The standard InChI is InChI=1S/C31H37N5O6S/c1-18(2)26-30(41)33-22(15-20-9-5-4-6-10-20)28(39)35-27(19(3)37)29(40)32-13-14-36(17-25(38)34-26)31(42)24-16-21-11-7-8-12-23(21)43-24/h4-12,16,18-19,22,26-27,37H,13-15,17H2,1-3H3,(H,32,40)(H,33,41)(H,34,38)(H,35,39)/t19-,22+,26-,27+/m1/s1. The largest absolute Gasteiger partial charge is 0.391 e. The SMILES string of the molecule is CC(C)[C@H]1NC(=O)CN(C(=O)c2cc3ccccc3s2)CCNC(=O)[C@H]([C@@H](C)O)NC(=O)[C@H](Cc2ccccc2)NC1=O. The molecule has 1 fully saturated rings. The van der Waals surface area contributed by atoms with E-state index in [9.17, 15) is 29.1 Å². The Morgan fingerprint density at radius 3 is 2.28 bits per heavy atom. The van der Waals surface area contributed by atoms with E-state index in [1.165, 1.54) is 23.2 Å². The van der Waals surface area contributed by atoms with Crippen molar-refractivity contribution in [3.05, 3.63) is 71.1 Å². The van der Waals surface area contributed by atoms with Crippen LogP contribution in [-0.2, 0) is 25.6 Å². The molecule has 12 heteroatoms. The monoisotopic (exact) mass is 607 g/mol. The molecule has 1 aromatic heterocycles. The van der Waals surface area contributed by atoms with E-state index >= 15 is 0 Å². The van der Waals surface area contributed by atoms with E-state index in [0.29, 0.717) is 4.88 Å². The fourth-order valence-corrected chi connectivity index (χ4v) is 5.86. The molecule has 0 saturated carbocycles. The number of rotatable bonds is 5. The zero-order valence-corrected chi connectivity index (χ0v) is 25.1. The normalized spacial score (nSPS) is 21.7. The molecule has 0 spiro atoms. The summed E-state index contributed by atoms with van der Waals surface area (Å²) in [6.07, 6.45) is -1.14. The van der Waals surface area contributed by atoms with Gasteiger partial charge in [0.1, 0.15) is 18.1 Å². The summed E-state index contributed by atoms with van der Waals surface area (Å²) in [4.78, 5) is 68.6. The lowest BCUT2D eigenvalue weighted by molar-refractivity contribution is -0.135. The van der Waals surface area contributed by atoms with Gasteiger partial charge >= 0.3 is 0 Å². The summed E-state index contributed by atoms with van der Waals surface area (Å²) in [5.41, 5.74) is 0.763. The Bertz CT molecular complexity index is 1440. The molecule has 3 aromatic rings. The third-order valence-corrected chi connectivity index (χ3v) is 8.29. The topological polar surface area (TPSA) is 157 Å². The molecule has 5 N–H and O–H groups in total. The average Bonchev–Trinajstić information content (AvgIpc) is 3.41. The predicted molar refractivity (Wildman–Crippen MR) is 163 cm³/mol. The van der Waals surface area contributed by atoms with Gasteiger partial charge in [0, 0.05) is 24.2 Å². The van der Waals surface area contributed by atoms with Crippen LogP contribution in [0, 0.1) is 5.92 Å². The van der Waals surface area contributed by atoms with Gasteiger partial charge in [-0.1, -0.05) is 62.4 Å². The van der Waals surface area contributed by atoms with Gasteiger partial charge in [-0.2, -0.15) is 0 Å². The number of amides is 5. The van der Waals surface area contributed by atoms with Crippen LogP contribution in [0.3, 0.4) is 0 Å². The third-order valence-electron chi connectivity index (χ3n) is 7.18. The molecule has 11 nitrogen and oxygen atoms in total. The van der Waals surface area contributed by atoms with Crippen LogP contribution in [0.2, 0.25) is 0 Å². The van der Waals surface area contributed by atoms with Gasteiger partial charge in [-0.15, -0.1) is 11.3 Å². The van der Waals surface area contributed by atoms with E-state index in [2.05, 4.69) is 21.3 Å². The highest BCUT2D eigenvalue weighted by molar-refractivity contribution is 7.20. The fraction of sp³-hybridized carbons (Fsp3) is 0.387.